The molecule has 0 spiro atoms. The summed E-state index contributed by atoms with van der Waals surface area (Å²) in [6, 6.07) is 10.4. The summed E-state index contributed by atoms with van der Waals surface area (Å²) in [5, 5.41) is 0.751. The third-order valence-corrected chi connectivity index (χ3v) is 7.85. The van der Waals surface area contributed by atoms with Gasteiger partial charge < -0.3 is 4.84 Å². The highest BCUT2D eigenvalue weighted by Crippen LogP contribution is 2.31. The van der Waals surface area contributed by atoms with Gasteiger partial charge in [-0.05, 0) is 43.2 Å². The highest BCUT2D eigenvalue weighted by atomic mass is 35.5. The number of amides is 2. The van der Waals surface area contributed by atoms with E-state index in [9.17, 15) is 22.8 Å². The smallest absolute Gasteiger partial charge is 0.329 e. The van der Waals surface area contributed by atoms with E-state index in [-0.39, 0.29) is 52.0 Å². The van der Waals surface area contributed by atoms with Crippen LogP contribution >= 0.6 is 23.2 Å². The number of benzene rings is 2. The normalized spacial score (nSPS) is 17.7. The van der Waals surface area contributed by atoms with Crippen LogP contribution in [0, 0.1) is 5.92 Å². The van der Waals surface area contributed by atoms with Crippen LogP contribution in [0.25, 0.3) is 0 Å². The molecule has 11 heteroatoms. The number of sulfonamides is 1. The van der Waals surface area contributed by atoms with Crippen molar-refractivity contribution in [2.45, 2.75) is 17.7 Å². The van der Waals surface area contributed by atoms with Gasteiger partial charge >= 0.3 is 5.97 Å². The minimum atomic E-state index is -3.89. The lowest BCUT2D eigenvalue weighted by molar-refractivity contribution is -0.175. The quantitative estimate of drug-likeness (QED) is 0.620. The van der Waals surface area contributed by atoms with E-state index >= 15 is 0 Å². The van der Waals surface area contributed by atoms with Gasteiger partial charge in [-0.25, -0.2) is 13.2 Å². The van der Waals surface area contributed by atoms with Crippen molar-refractivity contribution in [2.24, 2.45) is 5.92 Å². The largest absolute Gasteiger partial charge is 0.336 e. The summed E-state index contributed by atoms with van der Waals surface area (Å²) in [6.07, 6.45) is 0.332. The van der Waals surface area contributed by atoms with Gasteiger partial charge in [0.15, 0.2) is 0 Å². The Balaban J connectivity index is 1.41. The second-order valence-corrected chi connectivity index (χ2v) is 9.86. The molecule has 0 bridgehead atoms. The summed E-state index contributed by atoms with van der Waals surface area (Å²) in [6.45, 7) is 0.0973. The molecule has 2 aromatic rings. The first-order chi connectivity index (χ1) is 14.7. The van der Waals surface area contributed by atoms with Crippen LogP contribution in [0.15, 0.2) is 47.4 Å². The molecular weight excluding hydrogens is 467 g/mol. The number of imide groups is 1. The van der Waals surface area contributed by atoms with Crippen molar-refractivity contribution in [2.75, 3.05) is 13.1 Å². The number of hydrogen-bond donors (Lipinski definition) is 0. The van der Waals surface area contributed by atoms with Crippen molar-refractivity contribution in [1.29, 1.82) is 0 Å². The van der Waals surface area contributed by atoms with Crippen LogP contribution in [-0.4, -0.2) is 48.7 Å². The predicted octanol–water partition coefficient (Wildman–Crippen LogP) is 3.15. The Morgan fingerprint density at radius 1 is 0.968 bits per heavy atom. The van der Waals surface area contributed by atoms with Gasteiger partial charge in [0.25, 0.3) is 11.8 Å². The maximum atomic E-state index is 12.9. The van der Waals surface area contributed by atoms with Crippen LogP contribution in [-0.2, 0) is 19.7 Å². The van der Waals surface area contributed by atoms with E-state index in [1.165, 1.54) is 34.6 Å². The molecule has 0 radical (unpaired) electrons. The van der Waals surface area contributed by atoms with E-state index in [0.29, 0.717) is 5.06 Å². The third kappa shape index (κ3) is 3.94. The summed E-state index contributed by atoms with van der Waals surface area (Å²) in [5.41, 5.74) is 0.333. The van der Waals surface area contributed by atoms with Gasteiger partial charge in [0, 0.05) is 18.1 Å². The molecule has 2 aliphatic heterocycles. The van der Waals surface area contributed by atoms with E-state index < -0.39 is 33.7 Å². The Kier molecular flexibility index (Phi) is 5.78. The average molecular weight is 483 g/mol. The molecule has 0 unspecified atom stereocenters. The lowest BCUT2D eigenvalue weighted by Gasteiger charge is -2.30. The molecule has 8 nitrogen and oxygen atoms in total. The third-order valence-electron chi connectivity index (χ3n) is 5.24. The monoisotopic (exact) mass is 482 g/mol. The van der Waals surface area contributed by atoms with Crippen LogP contribution in [0.5, 0.6) is 0 Å². The van der Waals surface area contributed by atoms with E-state index in [1.807, 2.05) is 0 Å². The summed E-state index contributed by atoms with van der Waals surface area (Å²) in [5.74, 6) is -2.83. The lowest BCUT2D eigenvalue weighted by atomic mass is 9.99. The fraction of sp³-hybridized carbons (Fsp3) is 0.250. The van der Waals surface area contributed by atoms with Gasteiger partial charge in [0.05, 0.1) is 22.1 Å². The minimum absolute atomic E-state index is 0.0487. The number of piperidine rings is 1. The standard InChI is InChI=1S/C20H16Cl2N2O6S/c21-13-5-6-16(22)17(11-13)31(28,29)23-9-7-12(8-10-23)20(27)30-24-18(25)14-3-1-2-4-15(14)19(24)26/h1-6,11-12H,7-10H2. The van der Waals surface area contributed by atoms with Gasteiger partial charge in [-0.3, -0.25) is 9.59 Å². The zero-order valence-electron chi connectivity index (χ0n) is 16.0. The average Bonchev–Trinajstić information content (AvgIpc) is 3.00. The topological polar surface area (TPSA) is 101 Å². The van der Waals surface area contributed by atoms with Gasteiger partial charge in [0.1, 0.15) is 4.90 Å². The molecule has 0 saturated carbocycles. The van der Waals surface area contributed by atoms with E-state index in [0.717, 1.165) is 0 Å². The van der Waals surface area contributed by atoms with E-state index in [1.54, 1.807) is 12.1 Å². The highest BCUT2D eigenvalue weighted by molar-refractivity contribution is 7.89. The first-order valence-electron chi connectivity index (χ1n) is 9.35. The van der Waals surface area contributed by atoms with Crippen LogP contribution < -0.4 is 0 Å². The number of hydroxylamine groups is 2. The number of carbonyl (C=O) groups is 3. The lowest BCUT2D eigenvalue weighted by Crippen LogP contribution is -2.42. The number of fused-ring (bicyclic) bond motifs is 1. The van der Waals surface area contributed by atoms with Crippen LogP contribution in [0.4, 0.5) is 0 Å². The summed E-state index contributed by atoms with van der Waals surface area (Å²) >= 11 is 11.9. The molecule has 31 heavy (non-hydrogen) atoms. The van der Waals surface area contributed by atoms with Gasteiger partial charge in [-0.15, -0.1) is 0 Å². The molecule has 4 rings (SSSR count). The van der Waals surface area contributed by atoms with Gasteiger partial charge in [-0.1, -0.05) is 40.4 Å². The molecule has 0 aromatic heterocycles. The highest BCUT2D eigenvalue weighted by Gasteiger charge is 2.41. The summed E-state index contributed by atoms with van der Waals surface area (Å²) < 4.78 is 27.0. The Hall–Kier alpha value is -2.46. The van der Waals surface area contributed by atoms with Crippen molar-refractivity contribution in [3.05, 3.63) is 63.6 Å². The SMILES string of the molecule is O=C(ON1C(=O)c2ccccc2C1=O)C1CCN(S(=O)(=O)c2cc(Cl)ccc2Cl)CC1. The summed E-state index contributed by atoms with van der Waals surface area (Å²) in [7, 11) is -3.89. The Labute approximate surface area is 188 Å². The van der Waals surface area contributed by atoms with E-state index in [4.69, 9.17) is 28.0 Å². The molecule has 0 aliphatic carbocycles. The number of carbonyl (C=O) groups excluding carboxylic acids is 3. The van der Waals surface area contributed by atoms with Crippen molar-refractivity contribution in [3.8, 4) is 0 Å². The Morgan fingerprint density at radius 3 is 2.13 bits per heavy atom. The minimum Gasteiger partial charge on any atom is -0.329 e. The molecule has 2 amide bonds. The Morgan fingerprint density at radius 2 is 1.55 bits per heavy atom. The maximum Gasteiger partial charge on any atom is 0.336 e. The molecule has 2 heterocycles. The zero-order chi connectivity index (χ0) is 22.3. The number of rotatable bonds is 4. The molecular formula is C20H16Cl2N2O6S. The van der Waals surface area contributed by atoms with Gasteiger partial charge in [0.2, 0.25) is 10.0 Å². The van der Waals surface area contributed by atoms with Crippen molar-refractivity contribution in [1.82, 2.24) is 9.37 Å². The molecule has 2 aromatic carbocycles. The molecule has 0 N–H and O–H groups in total. The molecule has 162 valence electrons. The number of nitrogens with zero attached hydrogens (tertiary/aromatic N) is 2. The van der Waals surface area contributed by atoms with Crippen LogP contribution in [0.1, 0.15) is 33.6 Å². The predicted molar refractivity (Wildman–Crippen MR) is 111 cm³/mol. The number of hydrogen-bond acceptors (Lipinski definition) is 6. The van der Waals surface area contributed by atoms with E-state index in [2.05, 4.69) is 0 Å². The number of halogens is 2. The second-order valence-electron chi connectivity index (χ2n) is 7.11. The first kappa shape index (κ1) is 21.8. The molecule has 2 aliphatic rings. The maximum absolute atomic E-state index is 12.9. The second kappa shape index (κ2) is 8.23. The first-order valence-corrected chi connectivity index (χ1v) is 11.5. The molecule has 1 saturated heterocycles. The van der Waals surface area contributed by atoms with Gasteiger partial charge in [-0.2, -0.15) is 4.31 Å². The fourth-order valence-corrected chi connectivity index (χ4v) is 5.77. The molecule has 0 atom stereocenters. The van der Waals surface area contributed by atoms with Crippen LogP contribution in [0.3, 0.4) is 0 Å². The summed E-state index contributed by atoms with van der Waals surface area (Å²) in [4.78, 5) is 42.2. The fourth-order valence-electron chi connectivity index (χ4n) is 3.56. The molecule has 1 fully saturated rings. The van der Waals surface area contributed by atoms with Crippen molar-refractivity contribution < 1.29 is 27.6 Å². The Bertz CT molecular complexity index is 1160. The van der Waals surface area contributed by atoms with Crippen molar-refractivity contribution in [3.63, 3.8) is 0 Å². The van der Waals surface area contributed by atoms with Crippen molar-refractivity contribution >= 4 is 51.0 Å². The zero-order valence-corrected chi connectivity index (χ0v) is 18.3. The van der Waals surface area contributed by atoms with Crippen LogP contribution in [0.2, 0.25) is 10.0 Å².